The Labute approximate surface area is 92.4 Å². The number of hydrogen-bond donors (Lipinski definition) is 1. The zero-order valence-corrected chi connectivity index (χ0v) is 9.54. The van der Waals surface area contributed by atoms with Crippen LogP contribution in [-0.2, 0) is 6.42 Å². The molecule has 0 radical (unpaired) electrons. The fraction of sp³-hybridized carbons (Fsp3) is 0.538. The zero-order valence-electron chi connectivity index (χ0n) is 9.54. The Morgan fingerprint density at radius 2 is 2.13 bits per heavy atom. The first-order valence-electron chi connectivity index (χ1n) is 5.78. The van der Waals surface area contributed by atoms with Crippen LogP contribution in [-0.4, -0.2) is 13.2 Å². The van der Waals surface area contributed by atoms with Gasteiger partial charge >= 0.3 is 0 Å². The molecule has 15 heavy (non-hydrogen) atoms. The van der Waals surface area contributed by atoms with Crippen LogP contribution in [0.5, 0.6) is 5.75 Å². The molecular formula is C13H21NO. The fourth-order valence-corrected chi connectivity index (χ4v) is 1.43. The highest BCUT2D eigenvalue weighted by molar-refractivity contribution is 5.28. The van der Waals surface area contributed by atoms with Gasteiger partial charge in [-0.3, -0.25) is 0 Å². The monoisotopic (exact) mass is 207 g/mol. The molecule has 2 N–H and O–H groups in total. The van der Waals surface area contributed by atoms with Crippen molar-refractivity contribution < 1.29 is 4.74 Å². The van der Waals surface area contributed by atoms with Crippen molar-refractivity contribution >= 4 is 0 Å². The molecule has 1 aromatic carbocycles. The van der Waals surface area contributed by atoms with Gasteiger partial charge in [0.15, 0.2) is 0 Å². The molecule has 0 saturated carbocycles. The molecule has 1 aromatic rings. The minimum absolute atomic E-state index is 0.751. The molecule has 0 aromatic heterocycles. The summed E-state index contributed by atoms with van der Waals surface area (Å²) in [7, 11) is 0. The number of rotatable bonds is 7. The Morgan fingerprint density at radius 3 is 2.87 bits per heavy atom. The second kappa shape index (κ2) is 7.30. The summed E-state index contributed by atoms with van der Waals surface area (Å²) in [5.41, 5.74) is 6.80. The maximum Gasteiger partial charge on any atom is 0.119 e. The Kier molecular flexibility index (Phi) is 5.86. The standard InChI is InChI=1S/C13H21NO/c1-2-3-10-15-13-8-4-6-12(11-13)7-5-9-14/h4,6,8,11H,2-3,5,7,9-10,14H2,1H3. The molecule has 2 heteroatoms. The average molecular weight is 207 g/mol. The van der Waals surface area contributed by atoms with Gasteiger partial charge in [0, 0.05) is 0 Å². The molecular weight excluding hydrogens is 186 g/mol. The number of benzene rings is 1. The predicted molar refractivity (Wildman–Crippen MR) is 64.2 cm³/mol. The molecule has 0 bridgehead atoms. The molecule has 0 amide bonds. The third-order valence-corrected chi connectivity index (χ3v) is 2.33. The molecule has 0 fully saturated rings. The van der Waals surface area contributed by atoms with Crippen LogP contribution in [0.4, 0.5) is 0 Å². The lowest BCUT2D eigenvalue weighted by Gasteiger charge is -2.07. The van der Waals surface area contributed by atoms with E-state index >= 15 is 0 Å². The molecule has 0 heterocycles. The highest BCUT2D eigenvalue weighted by atomic mass is 16.5. The van der Waals surface area contributed by atoms with Crippen molar-refractivity contribution in [3.05, 3.63) is 29.8 Å². The molecule has 0 unspecified atom stereocenters. The molecule has 0 aliphatic rings. The molecule has 2 nitrogen and oxygen atoms in total. The fourth-order valence-electron chi connectivity index (χ4n) is 1.43. The number of unbranched alkanes of at least 4 members (excludes halogenated alkanes) is 1. The van der Waals surface area contributed by atoms with Crippen molar-refractivity contribution in [2.24, 2.45) is 5.73 Å². The van der Waals surface area contributed by atoms with Crippen LogP contribution in [0.3, 0.4) is 0 Å². The normalized spacial score (nSPS) is 10.3. The zero-order chi connectivity index (χ0) is 10.9. The maximum absolute atomic E-state index is 5.64. The van der Waals surface area contributed by atoms with Crippen molar-refractivity contribution in [3.63, 3.8) is 0 Å². The lowest BCUT2D eigenvalue weighted by molar-refractivity contribution is 0.309. The highest BCUT2D eigenvalue weighted by Gasteiger charge is 1.96. The average Bonchev–Trinajstić information content (AvgIpc) is 2.27. The molecule has 0 atom stereocenters. The van der Waals surface area contributed by atoms with Crippen molar-refractivity contribution in [1.82, 2.24) is 0 Å². The van der Waals surface area contributed by atoms with E-state index in [2.05, 4.69) is 19.1 Å². The van der Waals surface area contributed by atoms with Crippen molar-refractivity contribution in [3.8, 4) is 5.75 Å². The predicted octanol–water partition coefficient (Wildman–Crippen LogP) is 2.76. The summed E-state index contributed by atoms with van der Waals surface area (Å²) in [6.45, 7) is 3.73. The van der Waals surface area contributed by atoms with Gasteiger partial charge in [-0.25, -0.2) is 0 Å². The molecule has 0 spiro atoms. The molecule has 84 valence electrons. The van der Waals surface area contributed by atoms with Gasteiger partial charge in [-0.2, -0.15) is 0 Å². The highest BCUT2D eigenvalue weighted by Crippen LogP contribution is 2.14. The van der Waals surface area contributed by atoms with E-state index in [9.17, 15) is 0 Å². The number of aryl methyl sites for hydroxylation is 1. The van der Waals surface area contributed by atoms with Crippen LogP contribution in [0.1, 0.15) is 31.7 Å². The quantitative estimate of drug-likeness (QED) is 0.698. The number of nitrogens with two attached hydrogens (primary N) is 1. The van der Waals surface area contributed by atoms with Gasteiger partial charge < -0.3 is 10.5 Å². The van der Waals surface area contributed by atoms with Crippen molar-refractivity contribution in [2.75, 3.05) is 13.2 Å². The van der Waals surface area contributed by atoms with E-state index in [1.807, 2.05) is 12.1 Å². The minimum atomic E-state index is 0.751. The Morgan fingerprint density at radius 1 is 1.27 bits per heavy atom. The maximum atomic E-state index is 5.64. The van der Waals surface area contributed by atoms with Gasteiger partial charge in [0.1, 0.15) is 5.75 Å². The van der Waals surface area contributed by atoms with E-state index in [1.54, 1.807) is 0 Å². The Bertz CT molecular complexity index is 273. The first kappa shape index (κ1) is 12.1. The van der Waals surface area contributed by atoms with Gasteiger partial charge in [0.25, 0.3) is 0 Å². The van der Waals surface area contributed by atoms with Gasteiger partial charge in [-0.05, 0) is 43.5 Å². The van der Waals surface area contributed by atoms with Crippen LogP contribution in [0, 0.1) is 0 Å². The van der Waals surface area contributed by atoms with E-state index in [4.69, 9.17) is 10.5 Å². The van der Waals surface area contributed by atoms with E-state index in [0.29, 0.717) is 0 Å². The van der Waals surface area contributed by atoms with Crippen LogP contribution in [0.25, 0.3) is 0 Å². The van der Waals surface area contributed by atoms with Crippen LogP contribution >= 0.6 is 0 Å². The Hall–Kier alpha value is -1.02. The lowest BCUT2D eigenvalue weighted by atomic mass is 10.1. The molecule has 0 aliphatic heterocycles. The second-order valence-electron chi connectivity index (χ2n) is 3.74. The number of ether oxygens (including phenoxy) is 1. The molecule has 0 saturated heterocycles. The van der Waals surface area contributed by atoms with Crippen molar-refractivity contribution in [2.45, 2.75) is 32.6 Å². The number of hydrogen-bond acceptors (Lipinski definition) is 2. The summed E-state index contributed by atoms with van der Waals surface area (Å²) in [5.74, 6) is 0.984. The first-order chi connectivity index (χ1) is 7.36. The summed E-state index contributed by atoms with van der Waals surface area (Å²) in [4.78, 5) is 0. The summed E-state index contributed by atoms with van der Waals surface area (Å²) < 4.78 is 5.64. The topological polar surface area (TPSA) is 35.2 Å². The molecule has 0 aliphatic carbocycles. The van der Waals surface area contributed by atoms with E-state index < -0.39 is 0 Å². The largest absolute Gasteiger partial charge is 0.494 e. The van der Waals surface area contributed by atoms with E-state index in [1.165, 1.54) is 12.0 Å². The summed E-state index contributed by atoms with van der Waals surface area (Å²) in [6, 6.07) is 8.31. The van der Waals surface area contributed by atoms with Gasteiger partial charge in [-0.15, -0.1) is 0 Å². The van der Waals surface area contributed by atoms with Gasteiger partial charge in [-0.1, -0.05) is 25.5 Å². The summed E-state index contributed by atoms with van der Waals surface area (Å²) in [6.07, 6.45) is 4.37. The Balaban J connectivity index is 2.42. The summed E-state index contributed by atoms with van der Waals surface area (Å²) in [5, 5.41) is 0. The van der Waals surface area contributed by atoms with E-state index in [0.717, 1.165) is 38.2 Å². The van der Waals surface area contributed by atoms with Gasteiger partial charge in [0.2, 0.25) is 0 Å². The van der Waals surface area contributed by atoms with Crippen LogP contribution in [0.2, 0.25) is 0 Å². The SMILES string of the molecule is CCCCOc1cccc(CCCN)c1. The second-order valence-corrected chi connectivity index (χ2v) is 3.74. The van der Waals surface area contributed by atoms with Gasteiger partial charge in [0.05, 0.1) is 6.61 Å². The first-order valence-corrected chi connectivity index (χ1v) is 5.78. The van der Waals surface area contributed by atoms with Crippen LogP contribution < -0.4 is 10.5 Å². The molecule has 1 rings (SSSR count). The minimum Gasteiger partial charge on any atom is -0.494 e. The third kappa shape index (κ3) is 4.84. The van der Waals surface area contributed by atoms with Crippen LogP contribution in [0.15, 0.2) is 24.3 Å². The third-order valence-electron chi connectivity index (χ3n) is 2.33. The van der Waals surface area contributed by atoms with Crippen molar-refractivity contribution in [1.29, 1.82) is 0 Å². The van der Waals surface area contributed by atoms with E-state index in [-0.39, 0.29) is 0 Å². The smallest absolute Gasteiger partial charge is 0.119 e. The summed E-state index contributed by atoms with van der Waals surface area (Å²) >= 11 is 0. The lowest BCUT2D eigenvalue weighted by Crippen LogP contribution is -2.01.